The molecule has 0 unspecified atom stereocenters. The first-order valence-electron chi connectivity index (χ1n) is 8.47. The first-order chi connectivity index (χ1) is 11.2. The molecule has 0 spiro atoms. The van der Waals surface area contributed by atoms with Gasteiger partial charge in [0.05, 0.1) is 6.10 Å². The Morgan fingerprint density at radius 2 is 1.75 bits per heavy atom. The summed E-state index contributed by atoms with van der Waals surface area (Å²) in [5.41, 5.74) is 1.20. The normalized spacial score (nSPS) is 25.0. The Bertz CT molecular complexity index is 536. The Morgan fingerprint density at radius 1 is 1.08 bits per heavy atom. The van der Waals surface area contributed by atoms with E-state index in [0.717, 1.165) is 0 Å². The van der Waals surface area contributed by atoms with E-state index >= 15 is 0 Å². The molecule has 0 radical (unpaired) electrons. The quantitative estimate of drug-likeness (QED) is 0.324. The van der Waals surface area contributed by atoms with Gasteiger partial charge in [-0.1, -0.05) is 57.2 Å². The Hall–Kier alpha value is -0.983. The lowest BCUT2D eigenvalue weighted by atomic mass is 9.91. The van der Waals surface area contributed by atoms with E-state index in [2.05, 4.69) is 52.1 Å². The minimum Gasteiger partial charge on any atom is -0.352 e. The van der Waals surface area contributed by atoms with Crippen LogP contribution in [0.4, 0.5) is 0 Å². The monoisotopic (exact) mass is 350 g/mol. The third-order valence-electron chi connectivity index (χ3n) is 4.91. The molecule has 1 aromatic carbocycles. The summed E-state index contributed by atoms with van der Waals surface area (Å²) in [6, 6.07) is 10.3. The van der Waals surface area contributed by atoms with Crippen LogP contribution in [0.15, 0.2) is 42.5 Å². The van der Waals surface area contributed by atoms with E-state index in [1.54, 1.807) is 7.11 Å². The van der Waals surface area contributed by atoms with Crippen LogP contribution in [0.5, 0.6) is 0 Å². The third kappa shape index (κ3) is 4.77. The zero-order valence-electron chi connectivity index (χ0n) is 15.6. The van der Waals surface area contributed by atoms with E-state index in [-0.39, 0.29) is 23.4 Å². The van der Waals surface area contributed by atoms with Crippen molar-refractivity contribution < 1.29 is 18.9 Å². The first kappa shape index (κ1) is 19.3. The van der Waals surface area contributed by atoms with Crippen LogP contribution >= 0.6 is 0 Å². The van der Waals surface area contributed by atoms with Crippen molar-refractivity contribution in [1.82, 2.24) is 0 Å². The summed E-state index contributed by atoms with van der Waals surface area (Å²) in [6.45, 7) is 11.3. The van der Waals surface area contributed by atoms with Gasteiger partial charge in [-0.05, 0) is 29.8 Å². The molecule has 134 valence electrons. The topological polar surface area (TPSA) is 36.9 Å². The summed E-state index contributed by atoms with van der Waals surface area (Å²) in [6.07, 6.45) is 3.59. The highest BCUT2D eigenvalue weighted by Crippen LogP contribution is 2.37. The van der Waals surface area contributed by atoms with Crippen LogP contribution in [-0.4, -0.2) is 34.4 Å². The molecular weight excluding hydrogens is 320 g/mol. The lowest BCUT2D eigenvalue weighted by Crippen LogP contribution is -2.42. The lowest BCUT2D eigenvalue weighted by Gasteiger charge is -2.36. The molecule has 0 bridgehead atoms. The van der Waals surface area contributed by atoms with E-state index in [0.29, 0.717) is 6.61 Å². The summed E-state index contributed by atoms with van der Waals surface area (Å²) >= 11 is 0. The molecule has 0 aliphatic carbocycles. The molecule has 0 saturated carbocycles. The van der Waals surface area contributed by atoms with Crippen LogP contribution in [0, 0.1) is 0 Å². The highest BCUT2D eigenvalue weighted by Gasteiger charge is 2.39. The third-order valence-corrected chi connectivity index (χ3v) is 9.05. The van der Waals surface area contributed by atoms with E-state index < -0.39 is 8.32 Å². The van der Waals surface area contributed by atoms with Gasteiger partial charge in [-0.3, -0.25) is 4.58 Å². The number of hydrogen-bond donors (Lipinski definition) is 0. The Balaban J connectivity index is 2.04. The van der Waals surface area contributed by atoms with E-state index in [1.807, 2.05) is 24.3 Å². The summed E-state index contributed by atoms with van der Waals surface area (Å²) in [5.74, 6) is 0.126. The van der Waals surface area contributed by atoms with Gasteiger partial charge in [0.15, 0.2) is 6.29 Å². The number of rotatable bonds is 6. The summed E-state index contributed by atoms with van der Waals surface area (Å²) in [4.78, 5) is 5.66. The van der Waals surface area contributed by atoms with Gasteiger partial charge in [0.25, 0.3) is 0 Å². The molecule has 0 amide bonds. The van der Waals surface area contributed by atoms with Gasteiger partial charge in [-0.25, -0.2) is 4.89 Å². The van der Waals surface area contributed by atoms with E-state index in [4.69, 9.17) is 18.9 Å². The van der Waals surface area contributed by atoms with Crippen molar-refractivity contribution in [3.05, 3.63) is 48.0 Å². The number of ether oxygens (including phenoxy) is 2. The smallest absolute Gasteiger partial charge is 0.238 e. The molecule has 1 aromatic rings. The molecule has 3 atom stereocenters. The average Bonchev–Trinajstić information content (AvgIpc) is 2.54. The highest BCUT2D eigenvalue weighted by atomic mass is 28.4. The van der Waals surface area contributed by atoms with Crippen LogP contribution < -0.4 is 0 Å². The van der Waals surface area contributed by atoms with Crippen molar-refractivity contribution in [3.63, 3.8) is 0 Å². The second-order valence-electron chi connectivity index (χ2n) is 7.73. The van der Waals surface area contributed by atoms with Crippen molar-refractivity contribution in [2.45, 2.75) is 57.2 Å². The van der Waals surface area contributed by atoms with Gasteiger partial charge in [0.2, 0.25) is 8.32 Å². The zero-order chi connectivity index (χ0) is 17.8. The number of methoxy groups -OCH3 is 1. The average molecular weight is 351 g/mol. The van der Waals surface area contributed by atoms with Crippen molar-refractivity contribution in [2.75, 3.05) is 13.7 Å². The van der Waals surface area contributed by atoms with Crippen LogP contribution in [0.25, 0.3) is 0 Å². The van der Waals surface area contributed by atoms with Crippen molar-refractivity contribution in [2.24, 2.45) is 0 Å². The standard InChI is InChI=1S/C19H30O4Si/c1-19(2,3)24(5,6)23-21-14-17-16(12-13-18(20-4)22-17)15-10-8-7-9-11-15/h7-13,16-18H,14H2,1-6H3/t16-,17+,18-/m0/s1. The largest absolute Gasteiger partial charge is 0.352 e. The fourth-order valence-corrected chi connectivity index (χ4v) is 2.90. The highest BCUT2D eigenvalue weighted by molar-refractivity contribution is 6.73. The fraction of sp³-hybridized carbons (Fsp3) is 0.579. The maximum Gasteiger partial charge on any atom is 0.238 e. The zero-order valence-corrected chi connectivity index (χ0v) is 16.6. The molecule has 0 fully saturated rings. The summed E-state index contributed by atoms with van der Waals surface area (Å²) < 4.78 is 17.2. The van der Waals surface area contributed by atoms with Gasteiger partial charge in [-0.2, -0.15) is 0 Å². The van der Waals surface area contributed by atoms with Crippen molar-refractivity contribution in [1.29, 1.82) is 0 Å². The van der Waals surface area contributed by atoms with Gasteiger partial charge < -0.3 is 9.47 Å². The Kier molecular flexibility index (Phi) is 6.39. The maximum atomic E-state index is 6.00. The van der Waals surface area contributed by atoms with Gasteiger partial charge in [0.1, 0.15) is 6.61 Å². The predicted molar refractivity (Wildman–Crippen MR) is 98.2 cm³/mol. The van der Waals surface area contributed by atoms with Crippen molar-refractivity contribution >= 4 is 8.32 Å². The molecule has 5 heteroatoms. The number of benzene rings is 1. The van der Waals surface area contributed by atoms with Gasteiger partial charge in [0, 0.05) is 13.0 Å². The minimum atomic E-state index is -1.94. The molecule has 1 heterocycles. The molecule has 2 rings (SSSR count). The molecule has 0 N–H and O–H groups in total. The summed E-state index contributed by atoms with van der Waals surface area (Å²) in [5, 5.41) is 0.105. The molecule has 1 aliphatic rings. The molecule has 0 aromatic heterocycles. The molecule has 24 heavy (non-hydrogen) atoms. The maximum absolute atomic E-state index is 6.00. The molecule has 4 nitrogen and oxygen atoms in total. The Labute approximate surface area is 146 Å². The SMILES string of the molecule is CO[C@@H]1C=C[C@@H](c2ccccc2)[C@@H](COO[Si](C)(C)C(C)(C)C)O1. The molecule has 1 aliphatic heterocycles. The Morgan fingerprint density at radius 3 is 2.33 bits per heavy atom. The minimum absolute atomic E-state index is 0.105. The second kappa shape index (κ2) is 7.93. The van der Waals surface area contributed by atoms with Crippen LogP contribution in [0.3, 0.4) is 0 Å². The van der Waals surface area contributed by atoms with Crippen LogP contribution in [0.1, 0.15) is 32.3 Å². The van der Waals surface area contributed by atoms with E-state index in [9.17, 15) is 0 Å². The lowest BCUT2D eigenvalue weighted by molar-refractivity contribution is -0.256. The molecular formula is C19H30O4Si. The van der Waals surface area contributed by atoms with Gasteiger partial charge >= 0.3 is 0 Å². The second-order valence-corrected chi connectivity index (χ2v) is 12.4. The van der Waals surface area contributed by atoms with Crippen LogP contribution in [-0.2, 0) is 18.9 Å². The fourth-order valence-electron chi connectivity index (χ4n) is 2.29. The summed E-state index contributed by atoms with van der Waals surface area (Å²) in [7, 11) is -0.302. The van der Waals surface area contributed by atoms with Crippen molar-refractivity contribution in [3.8, 4) is 0 Å². The number of hydrogen-bond acceptors (Lipinski definition) is 4. The predicted octanol–water partition coefficient (Wildman–Crippen LogP) is 4.65. The first-order valence-corrected chi connectivity index (χ1v) is 11.4. The molecule has 0 saturated heterocycles. The van der Waals surface area contributed by atoms with Gasteiger partial charge in [-0.15, -0.1) is 0 Å². The van der Waals surface area contributed by atoms with E-state index in [1.165, 1.54) is 5.56 Å². The van der Waals surface area contributed by atoms with Crippen LogP contribution in [0.2, 0.25) is 18.1 Å².